The van der Waals surface area contributed by atoms with Crippen LogP contribution in [0.5, 0.6) is 0 Å². The fraction of sp³-hybridized carbons (Fsp3) is 0.143. The average Bonchev–Trinajstić information content (AvgIpc) is 3.10. The maximum atomic E-state index is 6.03. The van der Waals surface area contributed by atoms with Gasteiger partial charge in [-0.3, -0.25) is 0 Å². The molecular weight excluding hydrogens is 574 g/mol. The van der Waals surface area contributed by atoms with Crippen molar-refractivity contribution in [2.45, 2.75) is 40.8 Å². The highest BCUT2D eigenvalue weighted by molar-refractivity contribution is 5.84. The number of nitrogens with one attached hydrogen (secondary N) is 1. The lowest BCUT2D eigenvalue weighted by Crippen LogP contribution is -2.13. The van der Waals surface area contributed by atoms with Crippen LogP contribution in [0.15, 0.2) is 133 Å². The molecule has 0 atom stereocenters. The molecule has 0 saturated heterocycles. The van der Waals surface area contributed by atoms with Crippen molar-refractivity contribution in [3.63, 3.8) is 0 Å². The lowest BCUT2D eigenvalue weighted by molar-refractivity contribution is 1.07. The maximum absolute atomic E-state index is 6.03. The van der Waals surface area contributed by atoms with Crippen molar-refractivity contribution in [1.82, 2.24) is 0 Å². The van der Waals surface area contributed by atoms with E-state index in [1.165, 1.54) is 11.1 Å². The number of rotatable bonds is 10. The molecule has 6 rings (SSSR count). The number of anilines is 8. The fourth-order valence-electron chi connectivity index (χ4n) is 6.15. The summed E-state index contributed by atoms with van der Waals surface area (Å²) in [6.45, 7) is 9.69. The van der Waals surface area contributed by atoms with Crippen molar-refractivity contribution in [2.24, 2.45) is 11.5 Å². The van der Waals surface area contributed by atoms with Gasteiger partial charge in [-0.25, -0.2) is 0 Å². The number of hydrogen-bond acceptors (Lipinski definition) is 5. The molecule has 0 aliphatic heterocycles. The largest absolute Gasteiger partial charge is 0.355 e. The molecule has 0 saturated carbocycles. The summed E-state index contributed by atoms with van der Waals surface area (Å²) in [4.78, 5) is 4.63. The topological polar surface area (TPSA) is 70.5 Å². The monoisotopic (exact) mass is 617 g/mol. The molecule has 236 valence electrons. The van der Waals surface area contributed by atoms with E-state index < -0.39 is 0 Å². The van der Waals surface area contributed by atoms with Gasteiger partial charge in [0.1, 0.15) is 0 Å². The molecule has 0 spiro atoms. The van der Waals surface area contributed by atoms with Crippen molar-refractivity contribution in [1.29, 1.82) is 0 Å². The van der Waals surface area contributed by atoms with Crippen molar-refractivity contribution < 1.29 is 0 Å². The van der Waals surface area contributed by atoms with E-state index >= 15 is 0 Å². The van der Waals surface area contributed by atoms with Gasteiger partial charge in [0.05, 0.1) is 0 Å². The molecule has 0 aliphatic rings. The number of nitrogens with two attached hydrogens (primary N) is 2. The molecular formula is C42H43N5. The second kappa shape index (κ2) is 14.0. The Morgan fingerprint density at radius 3 is 1.19 bits per heavy atom. The van der Waals surface area contributed by atoms with E-state index in [1.54, 1.807) is 0 Å². The minimum Gasteiger partial charge on any atom is -0.355 e. The molecule has 0 bridgehead atoms. The Labute approximate surface area is 279 Å². The van der Waals surface area contributed by atoms with E-state index in [9.17, 15) is 0 Å². The first-order chi connectivity index (χ1) is 22.9. The number of hydrogen-bond donors (Lipinski definition) is 3. The van der Waals surface area contributed by atoms with Crippen LogP contribution >= 0.6 is 0 Å². The predicted molar refractivity (Wildman–Crippen MR) is 200 cm³/mol. The molecule has 6 aromatic carbocycles. The van der Waals surface area contributed by atoms with Crippen molar-refractivity contribution in [3.8, 4) is 0 Å². The Balaban J connectivity index is 1.37. The smallest absolute Gasteiger partial charge is 0.0494 e. The first-order valence-corrected chi connectivity index (χ1v) is 16.1. The SMILES string of the molecule is Cc1cc(N(c2ccccc2)c2cccc(CN)c2)c(C)cc1Nc1cc(C)c(N(c2ccccc2)c2cccc(CN)c2)cc1C. The first-order valence-electron chi connectivity index (χ1n) is 16.1. The van der Waals surface area contributed by atoms with Gasteiger partial charge in [0, 0.05) is 58.6 Å². The second-order valence-corrected chi connectivity index (χ2v) is 12.1. The summed E-state index contributed by atoms with van der Waals surface area (Å²) < 4.78 is 0. The summed E-state index contributed by atoms with van der Waals surface area (Å²) in [7, 11) is 0. The Morgan fingerprint density at radius 2 is 0.809 bits per heavy atom. The average molecular weight is 618 g/mol. The van der Waals surface area contributed by atoms with Crippen LogP contribution in [0.4, 0.5) is 45.5 Å². The second-order valence-electron chi connectivity index (χ2n) is 12.1. The standard InChI is InChI=1S/C42H43N5/c1-29-23-41(46(35-15-7-5-8-16-35)37-19-11-13-33(25-37)27-43)31(3)21-39(29)45-40-22-32(4)42(24-30(40)2)47(36-17-9-6-10-18-36)38-20-12-14-34(26-38)28-44/h5-26,45H,27-28,43-44H2,1-4H3. The molecule has 0 heterocycles. The normalized spacial score (nSPS) is 10.9. The minimum atomic E-state index is 0.498. The zero-order valence-electron chi connectivity index (χ0n) is 27.7. The lowest BCUT2D eigenvalue weighted by Gasteiger charge is -2.29. The molecule has 5 N–H and O–H groups in total. The van der Waals surface area contributed by atoms with Crippen LogP contribution < -0.4 is 26.6 Å². The van der Waals surface area contributed by atoms with Crippen LogP contribution in [0.2, 0.25) is 0 Å². The van der Waals surface area contributed by atoms with Gasteiger partial charge in [0.2, 0.25) is 0 Å². The number of aryl methyl sites for hydroxylation is 4. The molecule has 0 unspecified atom stereocenters. The number of benzene rings is 6. The summed E-state index contributed by atoms with van der Waals surface area (Å²) >= 11 is 0. The van der Waals surface area contributed by atoms with Crippen LogP contribution in [-0.4, -0.2) is 0 Å². The van der Waals surface area contributed by atoms with Gasteiger partial charge in [-0.1, -0.05) is 60.7 Å². The molecule has 47 heavy (non-hydrogen) atoms. The maximum Gasteiger partial charge on any atom is 0.0494 e. The van der Waals surface area contributed by atoms with Crippen molar-refractivity contribution in [3.05, 3.63) is 167 Å². The third kappa shape index (κ3) is 6.77. The Morgan fingerprint density at radius 1 is 0.426 bits per heavy atom. The first kappa shape index (κ1) is 31.6. The fourth-order valence-corrected chi connectivity index (χ4v) is 6.15. The Hall–Kier alpha value is -5.36. The van der Waals surface area contributed by atoms with Crippen molar-refractivity contribution in [2.75, 3.05) is 15.1 Å². The summed E-state index contributed by atoms with van der Waals surface area (Å²) in [5.74, 6) is 0. The third-order valence-corrected chi connectivity index (χ3v) is 8.67. The highest BCUT2D eigenvalue weighted by Gasteiger charge is 2.19. The highest BCUT2D eigenvalue weighted by Crippen LogP contribution is 2.42. The molecule has 0 aromatic heterocycles. The third-order valence-electron chi connectivity index (χ3n) is 8.67. The molecule has 0 aliphatic carbocycles. The van der Waals surface area contributed by atoms with Gasteiger partial charge in [-0.15, -0.1) is 0 Å². The van der Waals surface area contributed by atoms with Crippen LogP contribution in [0.1, 0.15) is 33.4 Å². The van der Waals surface area contributed by atoms with Crippen LogP contribution in [0.25, 0.3) is 0 Å². The molecule has 0 amide bonds. The molecule has 0 fully saturated rings. The molecule has 6 aromatic rings. The van der Waals surface area contributed by atoms with Gasteiger partial charge in [0.25, 0.3) is 0 Å². The van der Waals surface area contributed by atoms with Crippen molar-refractivity contribution >= 4 is 45.5 Å². The molecule has 0 radical (unpaired) electrons. The van der Waals surface area contributed by atoms with E-state index in [0.29, 0.717) is 13.1 Å². The zero-order valence-corrected chi connectivity index (χ0v) is 27.7. The summed E-state index contributed by atoms with van der Waals surface area (Å²) in [6, 6.07) is 47.0. The number of para-hydroxylation sites is 2. The van der Waals surface area contributed by atoms with E-state index in [2.05, 4.69) is 176 Å². The summed E-state index contributed by atoms with van der Waals surface area (Å²) in [5.41, 5.74) is 27.7. The van der Waals surface area contributed by atoms with Crippen LogP contribution in [0, 0.1) is 27.7 Å². The van der Waals surface area contributed by atoms with Gasteiger partial charge in [-0.2, -0.15) is 0 Å². The zero-order chi connectivity index (χ0) is 32.9. The van der Waals surface area contributed by atoms with Gasteiger partial charge in [-0.05, 0) is 134 Å². The Kier molecular flexibility index (Phi) is 9.39. The van der Waals surface area contributed by atoms with Gasteiger partial charge < -0.3 is 26.6 Å². The molecule has 5 heteroatoms. The molecule has 5 nitrogen and oxygen atoms in total. The lowest BCUT2D eigenvalue weighted by atomic mass is 10.0. The summed E-state index contributed by atoms with van der Waals surface area (Å²) in [6.07, 6.45) is 0. The number of nitrogens with zero attached hydrogens (tertiary/aromatic N) is 2. The van der Waals surface area contributed by atoms with Gasteiger partial charge in [0.15, 0.2) is 0 Å². The van der Waals surface area contributed by atoms with Crippen LogP contribution in [-0.2, 0) is 13.1 Å². The predicted octanol–water partition coefficient (Wildman–Crippen LogP) is 10.5. The van der Waals surface area contributed by atoms with E-state index in [0.717, 1.165) is 67.8 Å². The summed E-state index contributed by atoms with van der Waals surface area (Å²) in [5, 5.41) is 3.78. The highest BCUT2D eigenvalue weighted by atomic mass is 15.2. The van der Waals surface area contributed by atoms with E-state index in [-0.39, 0.29) is 0 Å². The quantitative estimate of drug-likeness (QED) is 0.143. The minimum absolute atomic E-state index is 0.498. The van der Waals surface area contributed by atoms with E-state index in [1.807, 2.05) is 0 Å². The van der Waals surface area contributed by atoms with Crippen LogP contribution in [0.3, 0.4) is 0 Å². The van der Waals surface area contributed by atoms with E-state index in [4.69, 9.17) is 11.5 Å². The Bertz CT molecular complexity index is 1840. The van der Waals surface area contributed by atoms with Gasteiger partial charge >= 0.3 is 0 Å².